The van der Waals surface area contributed by atoms with E-state index in [2.05, 4.69) is 25.8 Å². The van der Waals surface area contributed by atoms with E-state index >= 15 is 0 Å². The van der Waals surface area contributed by atoms with Gasteiger partial charge in [-0.05, 0) is 36.4 Å². The summed E-state index contributed by atoms with van der Waals surface area (Å²) in [5.74, 6) is -0.962. The lowest BCUT2D eigenvalue weighted by molar-refractivity contribution is 0.172. The molecule has 2 aliphatic heterocycles. The molecule has 0 spiro atoms. The molecule has 12 heteroatoms. The number of halogens is 2. The predicted molar refractivity (Wildman–Crippen MR) is 133 cm³/mol. The van der Waals surface area contributed by atoms with Crippen molar-refractivity contribution in [3.63, 3.8) is 0 Å². The van der Waals surface area contributed by atoms with E-state index in [1.807, 2.05) is 12.1 Å². The lowest BCUT2D eigenvalue weighted by Gasteiger charge is -2.36. The third kappa shape index (κ3) is 5.63. The summed E-state index contributed by atoms with van der Waals surface area (Å²) in [6.45, 7) is 2.80. The van der Waals surface area contributed by atoms with Gasteiger partial charge in [-0.15, -0.1) is 0 Å². The summed E-state index contributed by atoms with van der Waals surface area (Å²) < 4.78 is 37.9. The molecule has 0 radical (unpaired) electrons. The molecule has 0 aliphatic carbocycles. The topological polar surface area (TPSA) is 108 Å². The van der Waals surface area contributed by atoms with Gasteiger partial charge in [0.05, 0.1) is 11.9 Å². The number of nitrogens with zero attached hydrogens (tertiary/aromatic N) is 3. The summed E-state index contributed by atoms with van der Waals surface area (Å²) >= 11 is 0. The Morgan fingerprint density at radius 1 is 0.892 bits per heavy atom. The Morgan fingerprint density at radius 2 is 1.65 bits per heavy atom. The van der Waals surface area contributed by atoms with Crippen molar-refractivity contribution in [3.05, 3.63) is 66.4 Å². The Labute approximate surface area is 211 Å². The average Bonchev–Trinajstić information content (AvgIpc) is 2.91. The van der Waals surface area contributed by atoms with Crippen molar-refractivity contribution in [1.82, 2.24) is 9.88 Å². The number of urea groups is 2. The molecule has 0 atom stereocenters. The predicted octanol–water partition coefficient (Wildman–Crippen LogP) is 4.13. The number of anilines is 4. The van der Waals surface area contributed by atoms with Crippen LogP contribution in [0.4, 0.5) is 41.2 Å². The molecule has 37 heavy (non-hydrogen) atoms. The summed E-state index contributed by atoms with van der Waals surface area (Å²) in [5.41, 5.74) is 2.06. The fourth-order valence-corrected chi connectivity index (χ4v) is 4.07. The standard InChI is InChI=1S/C25H24F2N6O4/c26-16-14-19(27)23(28-15-16)31-25(35)33-10-8-32(9-11-33)18-6-4-17(5-7-18)29-24(34)30-20-2-1-3-21-22(20)37-13-12-36-21/h1-7,14-15H,8-13H2,(H,28,31,35)(H2,29,30,34). The van der Waals surface area contributed by atoms with E-state index in [1.165, 1.54) is 4.90 Å². The molecule has 2 aromatic carbocycles. The number of pyridine rings is 1. The highest BCUT2D eigenvalue weighted by molar-refractivity contribution is 6.01. The average molecular weight is 511 g/mol. The highest BCUT2D eigenvalue weighted by Crippen LogP contribution is 2.37. The third-order valence-corrected chi connectivity index (χ3v) is 5.90. The van der Waals surface area contributed by atoms with Crippen LogP contribution in [0.5, 0.6) is 11.5 Å². The van der Waals surface area contributed by atoms with E-state index in [4.69, 9.17) is 9.47 Å². The molecule has 192 valence electrons. The molecule has 4 amide bonds. The molecule has 1 saturated heterocycles. The lowest BCUT2D eigenvalue weighted by atomic mass is 10.2. The normalized spacial score (nSPS) is 14.6. The number of piperazine rings is 1. The molecule has 3 N–H and O–H groups in total. The Balaban J connectivity index is 1.12. The monoisotopic (exact) mass is 510 g/mol. The molecular weight excluding hydrogens is 486 g/mol. The second kappa shape index (κ2) is 10.6. The number of amides is 4. The first-order chi connectivity index (χ1) is 18.0. The van der Waals surface area contributed by atoms with E-state index in [-0.39, 0.29) is 5.82 Å². The minimum absolute atomic E-state index is 0.311. The second-order valence-corrected chi connectivity index (χ2v) is 8.34. The van der Waals surface area contributed by atoms with Gasteiger partial charge in [0.15, 0.2) is 23.1 Å². The first-order valence-corrected chi connectivity index (χ1v) is 11.6. The Hall–Kier alpha value is -4.61. The highest BCUT2D eigenvalue weighted by Gasteiger charge is 2.23. The molecule has 0 bridgehead atoms. The van der Waals surface area contributed by atoms with Gasteiger partial charge in [0.25, 0.3) is 0 Å². The van der Waals surface area contributed by atoms with Crippen LogP contribution in [0.15, 0.2) is 54.7 Å². The molecule has 5 rings (SSSR count). The van der Waals surface area contributed by atoms with Gasteiger partial charge in [0, 0.05) is 43.6 Å². The summed E-state index contributed by atoms with van der Waals surface area (Å²) in [7, 11) is 0. The number of ether oxygens (including phenoxy) is 2. The first kappa shape index (κ1) is 24.1. The first-order valence-electron chi connectivity index (χ1n) is 11.6. The number of fused-ring (bicyclic) bond motifs is 1. The zero-order valence-corrected chi connectivity index (χ0v) is 19.7. The Morgan fingerprint density at radius 3 is 2.41 bits per heavy atom. The zero-order valence-electron chi connectivity index (χ0n) is 19.7. The smallest absolute Gasteiger partial charge is 0.323 e. The maximum atomic E-state index is 13.8. The molecule has 0 unspecified atom stereocenters. The number of nitrogens with one attached hydrogen (secondary N) is 3. The third-order valence-electron chi connectivity index (χ3n) is 5.90. The van der Waals surface area contributed by atoms with Gasteiger partial charge < -0.3 is 29.9 Å². The lowest BCUT2D eigenvalue weighted by Crippen LogP contribution is -2.50. The van der Waals surface area contributed by atoms with Crippen LogP contribution in [0.2, 0.25) is 0 Å². The largest absolute Gasteiger partial charge is 0.486 e. The summed E-state index contributed by atoms with van der Waals surface area (Å²) in [4.78, 5) is 32.2. The number of carbonyl (C=O) groups excluding carboxylic acids is 2. The van der Waals surface area contributed by atoms with Gasteiger partial charge in [-0.25, -0.2) is 23.4 Å². The molecular formula is C25H24F2N6O4. The van der Waals surface area contributed by atoms with Crippen molar-refractivity contribution in [1.29, 1.82) is 0 Å². The van der Waals surface area contributed by atoms with Crippen LogP contribution in [0.1, 0.15) is 0 Å². The Kier molecular flexibility index (Phi) is 6.88. The molecule has 2 aliphatic rings. The van der Waals surface area contributed by atoms with Crippen LogP contribution >= 0.6 is 0 Å². The van der Waals surface area contributed by atoms with Crippen LogP contribution in [0, 0.1) is 11.6 Å². The van der Waals surface area contributed by atoms with E-state index in [0.29, 0.717) is 68.3 Å². The van der Waals surface area contributed by atoms with Gasteiger partial charge in [0.1, 0.15) is 19.0 Å². The van der Waals surface area contributed by atoms with Crippen LogP contribution in [0.3, 0.4) is 0 Å². The van der Waals surface area contributed by atoms with E-state index in [9.17, 15) is 18.4 Å². The van der Waals surface area contributed by atoms with E-state index in [1.54, 1.807) is 30.3 Å². The van der Waals surface area contributed by atoms with E-state index < -0.39 is 23.7 Å². The van der Waals surface area contributed by atoms with Gasteiger partial charge >= 0.3 is 12.1 Å². The summed E-state index contributed by atoms with van der Waals surface area (Å²) in [5, 5.41) is 7.95. The SMILES string of the molecule is O=C(Nc1ccc(N2CCN(C(=O)Nc3ncc(F)cc3F)CC2)cc1)Nc1cccc2c1OCCO2. The van der Waals surface area contributed by atoms with Gasteiger partial charge in [0.2, 0.25) is 0 Å². The molecule has 3 heterocycles. The van der Waals surface area contributed by atoms with Crippen molar-refractivity contribution in [2.75, 3.05) is 60.2 Å². The zero-order chi connectivity index (χ0) is 25.8. The highest BCUT2D eigenvalue weighted by atomic mass is 19.1. The summed E-state index contributed by atoms with van der Waals surface area (Å²) in [6.07, 6.45) is 0.844. The quantitative estimate of drug-likeness (QED) is 0.487. The molecule has 3 aromatic rings. The van der Waals surface area contributed by atoms with Gasteiger partial charge in [-0.3, -0.25) is 5.32 Å². The fraction of sp³-hybridized carbons (Fsp3) is 0.240. The van der Waals surface area contributed by atoms with Crippen molar-refractivity contribution in [2.45, 2.75) is 0 Å². The van der Waals surface area contributed by atoms with Crippen LogP contribution in [-0.4, -0.2) is 61.3 Å². The maximum absolute atomic E-state index is 13.8. The number of hydrogen-bond acceptors (Lipinski definition) is 6. The minimum Gasteiger partial charge on any atom is -0.486 e. The van der Waals surface area contributed by atoms with Crippen molar-refractivity contribution in [3.8, 4) is 11.5 Å². The number of hydrogen-bond donors (Lipinski definition) is 3. The number of carbonyl (C=O) groups is 2. The second-order valence-electron chi connectivity index (χ2n) is 8.34. The number of rotatable bonds is 4. The number of para-hydroxylation sites is 1. The molecule has 10 nitrogen and oxygen atoms in total. The Bertz CT molecular complexity index is 1300. The molecule has 1 aromatic heterocycles. The van der Waals surface area contributed by atoms with Crippen LogP contribution < -0.4 is 30.3 Å². The van der Waals surface area contributed by atoms with Gasteiger partial charge in [-0.2, -0.15) is 0 Å². The van der Waals surface area contributed by atoms with Crippen LogP contribution in [-0.2, 0) is 0 Å². The summed E-state index contributed by atoms with van der Waals surface area (Å²) in [6, 6.07) is 12.4. The fourth-order valence-electron chi connectivity index (χ4n) is 4.07. The van der Waals surface area contributed by atoms with Crippen molar-refractivity contribution < 1.29 is 27.8 Å². The number of benzene rings is 2. The van der Waals surface area contributed by atoms with Crippen LogP contribution in [0.25, 0.3) is 0 Å². The van der Waals surface area contributed by atoms with Crippen molar-refractivity contribution in [2.24, 2.45) is 0 Å². The van der Waals surface area contributed by atoms with E-state index in [0.717, 1.165) is 11.9 Å². The number of aromatic nitrogens is 1. The maximum Gasteiger partial charge on any atom is 0.323 e. The molecule has 1 fully saturated rings. The minimum atomic E-state index is -0.931. The van der Waals surface area contributed by atoms with Crippen molar-refractivity contribution >= 4 is 34.9 Å². The van der Waals surface area contributed by atoms with Gasteiger partial charge in [-0.1, -0.05) is 6.07 Å². The molecule has 0 saturated carbocycles.